The summed E-state index contributed by atoms with van der Waals surface area (Å²) in [6, 6.07) is 3.89. The number of tetrazole rings is 1. The molecule has 21 heavy (non-hydrogen) atoms. The fraction of sp³-hybridized carbons (Fsp3) is 0.500. The maximum absolute atomic E-state index is 6.02. The third-order valence-electron chi connectivity index (χ3n) is 3.87. The molecule has 1 aromatic carbocycles. The summed E-state index contributed by atoms with van der Waals surface area (Å²) in [5.41, 5.74) is 8.70. The summed E-state index contributed by atoms with van der Waals surface area (Å²) in [4.78, 5) is 0. The molecular formula is C14H18BrN5O. The van der Waals surface area contributed by atoms with Gasteiger partial charge in [0.2, 0.25) is 0 Å². The number of aryl methyl sites for hydroxylation is 1. The first-order chi connectivity index (χ1) is 10.1. The van der Waals surface area contributed by atoms with Crippen molar-refractivity contribution in [2.45, 2.75) is 38.8 Å². The first kappa shape index (κ1) is 14.5. The largest absolute Gasteiger partial charge is 0.398 e. The molecule has 1 atom stereocenters. The molecule has 1 saturated heterocycles. The summed E-state index contributed by atoms with van der Waals surface area (Å²) in [6.07, 6.45) is 3.53. The number of rotatable bonds is 4. The van der Waals surface area contributed by atoms with Crippen LogP contribution in [0.5, 0.6) is 0 Å². The van der Waals surface area contributed by atoms with Crippen molar-refractivity contribution in [2.24, 2.45) is 0 Å². The van der Waals surface area contributed by atoms with Crippen LogP contribution in [0.2, 0.25) is 0 Å². The van der Waals surface area contributed by atoms with Gasteiger partial charge in [0.1, 0.15) is 0 Å². The average Bonchev–Trinajstić information content (AvgIpc) is 3.11. The molecule has 2 N–H and O–H groups in total. The Hall–Kier alpha value is -1.47. The highest BCUT2D eigenvalue weighted by molar-refractivity contribution is 9.10. The molecule has 1 aliphatic rings. The second kappa shape index (κ2) is 6.11. The summed E-state index contributed by atoms with van der Waals surface area (Å²) in [5.74, 6) is 0.749. The average molecular weight is 352 g/mol. The van der Waals surface area contributed by atoms with Gasteiger partial charge in [-0.15, -0.1) is 5.10 Å². The lowest BCUT2D eigenvalue weighted by Crippen LogP contribution is -2.12. The standard InChI is InChI=1S/C14H18BrN5O/c1-9-12(7-10(15)8-13(9)16)14-17-18-19-20(14)5-4-11-3-2-6-21-11/h7-8,11H,2-6,16H2,1H3. The van der Waals surface area contributed by atoms with Gasteiger partial charge in [0.15, 0.2) is 5.82 Å². The lowest BCUT2D eigenvalue weighted by atomic mass is 10.1. The normalized spacial score (nSPS) is 18.3. The van der Waals surface area contributed by atoms with E-state index in [0.717, 1.165) is 59.5 Å². The third kappa shape index (κ3) is 3.08. The SMILES string of the molecule is Cc1c(N)cc(Br)cc1-c1nnnn1CCC1CCCO1. The van der Waals surface area contributed by atoms with Gasteiger partial charge in [0, 0.05) is 28.9 Å². The first-order valence-electron chi connectivity index (χ1n) is 7.09. The van der Waals surface area contributed by atoms with Crippen molar-refractivity contribution in [3.8, 4) is 11.4 Å². The quantitative estimate of drug-likeness (QED) is 0.856. The fourth-order valence-electron chi connectivity index (χ4n) is 2.62. The van der Waals surface area contributed by atoms with E-state index in [1.807, 2.05) is 23.7 Å². The second-order valence-corrected chi connectivity index (χ2v) is 6.23. The van der Waals surface area contributed by atoms with Crippen LogP contribution >= 0.6 is 15.9 Å². The van der Waals surface area contributed by atoms with Crippen molar-refractivity contribution >= 4 is 21.6 Å². The van der Waals surface area contributed by atoms with E-state index >= 15 is 0 Å². The molecular weight excluding hydrogens is 334 g/mol. The molecule has 0 saturated carbocycles. The Balaban J connectivity index is 1.84. The molecule has 0 spiro atoms. The Kier molecular flexibility index (Phi) is 4.21. The summed E-state index contributed by atoms with van der Waals surface area (Å²) in [7, 11) is 0. The zero-order valence-electron chi connectivity index (χ0n) is 11.9. The minimum absolute atomic E-state index is 0.329. The van der Waals surface area contributed by atoms with Crippen LogP contribution in [0.25, 0.3) is 11.4 Å². The van der Waals surface area contributed by atoms with Crippen LogP contribution in [0.1, 0.15) is 24.8 Å². The Morgan fingerprint density at radius 3 is 3.10 bits per heavy atom. The van der Waals surface area contributed by atoms with Crippen molar-refractivity contribution in [1.29, 1.82) is 0 Å². The predicted octanol–water partition coefficient (Wildman–Crippen LogP) is 2.56. The Bertz CT molecular complexity index is 636. The van der Waals surface area contributed by atoms with Crippen molar-refractivity contribution in [3.05, 3.63) is 22.2 Å². The van der Waals surface area contributed by atoms with Gasteiger partial charge in [-0.2, -0.15) is 0 Å². The second-order valence-electron chi connectivity index (χ2n) is 5.32. The predicted molar refractivity (Wildman–Crippen MR) is 83.7 cm³/mol. The van der Waals surface area contributed by atoms with E-state index in [2.05, 4.69) is 31.5 Å². The molecule has 3 rings (SSSR count). The zero-order chi connectivity index (χ0) is 14.8. The monoisotopic (exact) mass is 351 g/mol. The van der Waals surface area contributed by atoms with E-state index in [4.69, 9.17) is 10.5 Å². The van der Waals surface area contributed by atoms with Gasteiger partial charge in [-0.05, 0) is 54.3 Å². The molecule has 1 aliphatic heterocycles. The topological polar surface area (TPSA) is 78.9 Å². The van der Waals surface area contributed by atoms with Crippen molar-refractivity contribution in [2.75, 3.05) is 12.3 Å². The Morgan fingerprint density at radius 2 is 2.33 bits per heavy atom. The van der Waals surface area contributed by atoms with Crippen molar-refractivity contribution in [1.82, 2.24) is 20.2 Å². The molecule has 1 unspecified atom stereocenters. The van der Waals surface area contributed by atoms with E-state index in [1.165, 1.54) is 0 Å². The number of anilines is 1. The van der Waals surface area contributed by atoms with Gasteiger partial charge in [-0.1, -0.05) is 15.9 Å². The molecule has 1 aromatic heterocycles. The third-order valence-corrected chi connectivity index (χ3v) is 4.33. The highest BCUT2D eigenvalue weighted by Crippen LogP contribution is 2.29. The van der Waals surface area contributed by atoms with E-state index in [-0.39, 0.29) is 0 Å². The van der Waals surface area contributed by atoms with Gasteiger partial charge in [-0.25, -0.2) is 4.68 Å². The van der Waals surface area contributed by atoms with Gasteiger partial charge >= 0.3 is 0 Å². The number of aromatic nitrogens is 4. The van der Waals surface area contributed by atoms with Crippen molar-refractivity contribution in [3.63, 3.8) is 0 Å². The number of nitrogens with zero attached hydrogens (tertiary/aromatic N) is 4. The van der Waals surface area contributed by atoms with Crippen LogP contribution in [-0.2, 0) is 11.3 Å². The van der Waals surface area contributed by atoms with Crippen LogP contribution in [0.15, 0.2) is 16.6 Å². The molecule has 2 aromatic rings. The molecule has 0 bridgehead atoms. The molecule has 7 heteroatoms. The van der Waals surface area contributed by atoms with Crippen LogP contribution in [0.3, 0.4) is 0 Å². The number of nitrogens with two attached hydrogens (primary N) is 1. The van der Waals surface area contributed by atoms with Crippen molar-refractivity contribution < 1.29 is 4.74 Å². The van der Waals surface area contributed by atoms with E-state index in [9.17, 15) is 0 Å². The van der Waals surface area contributed by atoms with Gasteiger partial charge < -0.3 is 10.5 Å². The number of benzene rings is 1. The molecule has 2 heterocycles. The highest BCUT2D eigenvalue weighted by atomic mass is 79.9. The number of nitrogen functional groups attached to an aromatic ring is 1. The molecule has 0 aliphatic carbocycles. The van der Waals surface area contributed by atoms with Crippen LogP contribution in [0, 0.1) is 6.92 Å². The molecule has 112 valence electrons. The molecule has 0 radical (unpaired) electrons. The number of hydrogen-bond acceptors (Lipinski definition) is 5. The van der Waals surface area contributed by atoms with E-state index < -0.39 is 0 Å². The van der Waals surface area contributed by atoms with Crippen LogP contribution < -0.4 is 5.73 Å². The summed E-state index contributed by atoms with van der Waals surface area (Å²) < 4.78 is 8.40. The summed E-state index contributed by atoms with van der Waals surface area (Å²) >= 11 is 3.47. The highest BCUT2D eigenvalue weighted by Gasteiger charge is 2.18. The Labute approximate surface area is 131 Å². The lowest BCUT2D eigenvalue weighted by Gasteiger charge is -2.12. The Morgan fingerprint density at radius 1 is 1.48 bits per heavy atom. The lowest BCUT2D eigenvalue weighted by molar-refractivity contribution is 0.0994. The maximum atomic E-state index is 6.02. The van der Waals surface area contributed by atoms with Gasteiger partial charge in [-0.3, -0.25) is 0 Å². The van der Waals surface area contributed by atoms with Gasteiger partial charge in [0.25, 0.3) is 0 Å². The molecule has 6 nitrogen and oxygen atoms in total. The first-order valence-corrected chi connectivity index (χ1v) is 7.88. The fourth-order valence-corrected chi connectivity index (χ4v) is 3.09. The minimum Gasteiger partial charge on any atom is -0.398 e. The molecule has 1 fully saturated rings. The van der Waals surface area contributed by atoms with E-state index in [1.54, 1.807) is 0 Å². The van der Waals surface area contributed by atoms with Crippen LogP contribution in [-0.4, -0.2) is 32.9 Å². The smallest absolute Gasteiger partial charge is 0.182 e. The number of hydrogen-bond donors (Lipinski definition) is 1. The summed E-state index contributed by atoms with van der Waals surface area (Å²) in [6.45, 7) is 3.60. The zero-order valence-corrected chi connectivity index (χ0v) is 13.5. The summed E-state index contributed by atoms with van der Waals surface area (Å²) in [5, 5.41) is 12.1. The number of ether oxygens (including phenoxy) is 1. The minimum atomic E-state index is 0.329. The maximum Gasteiger partial charge on any atom is 0.182 e. The number of halogens is 1. The molecule has 0 amide bonds. The van der Waals surface area contributed by atoms with Gasteiger partial charge in [0.05, 0.1) is 6.10 Å². The van der Waals surface area contributed by atoms with E-state index in [0.29, 0.717) is 6.10 Å². The van der Waals surface area contributed by atoms with Crippen LogP contribution in [0.4, 0.5) is 5.69 Å².